The van der Waals surface area contributed by atoms with E-state index >= 15 is 0 Å². The standard InChI is InChI=1S/C33H33ClFN3O4S/c1-3-36-33(40)31(21-25-9-5-4-6-10-25)37(22-26-11-7-8-12-30(26)34)32(39)23-38(28-17-13-24(2)14-18-28)43(41,42)29-19-15-27(35)16-20-29/h4-20,31H,3,21-23H2,1-2H3,(H,36,40). The second-order valence-electron chi connectivity index (χ2n) is 10.0. The van der Waals surface area contributed by atoms with E-state index in [2.05, 4.69) is 5.32 Å². The largest absolute Gasteiger partial charge is 0.355 e. The molecule has 4 rings (SSSR count). The Morgan fingerprint density at radius 3 is 2.14 bits per heavy atom. The van der Waals surface area contributed by atoms with Crippen molar-refractivity contribution in [2.24, 2.45) is 0 Å². The molecule has 4 aromatic carbocycles. The van der Waals surface area contributed by atoms with Gasteiger partial charge < -0.3 is 10.2 Å². The lowest BCUT2D eigenvalue weighted by Gasteiger charge is -2.34. The van der Waals surface area contributed by atoms with E-state index in [1.807, 2.05) is 37.3 Å². The van der Waals surface area contributed by atoms with Crippen molar-refractivity contribution < 1.29 is 22.4 Å². The zero-order valence-electron chi connectivity index (χ0n) is 23.9. The molecular formula is C33H33ClFN3O4S. The molecule has 0 saturated heterocycles. The molecule has 43 heavy (non-hydrogen) atoms. The molecule has 0 aromatic heterocycles. The number of nitrogens with zero attached hydrogens (tertiary/aromatic N) is 2. The van der Waals surface area contributed by atoms with E-state index in [4.69, 9.17) is 11.6 Å². The third-order valence-corrected chi connectivity index (χ3v) is 9.08. The van der Waals surface area contributed by atoms with Crippen molar-refractivity contribution in [2.75, 3.05) is 17.4 Å². The maximum absolute atomic E-state index is 14.3. The van der Waals surface area contributed by atoms with Crippen molar-refractivity contribution in [3.05, 3.63) is 131 Å². The minimum Gasteiger partial charge on any atom is -0.355 e. The summed E-state index contributed by atoms with van der Waals surface area (Å²) in [6, 6.07) is 26.4. The van der Waals surface area contributed by atoms with Crippen LogP contribution in [0.5, 0.6) is 0 Å². The molecule has 224 valence electrons. The van der Waals surface area contributed by atoms with Gasteiger partial charge in [-0.1, -0.05) is 77.8 Å². The lowest BCUT2D eigenvalue weighted by Crippen LogP contribution is -2.53. The number of hydrogen-bond acceptors (Lipinski definition) is 4. The van der Waals surface area contributed by atoms with Gasteiger partial charge in [-0.25, -0.2) is 12.8 Å². The fourth-order valence-corrected chi connectivity index (χ4v) is 6.24. The average Bonchev–Trinajstić information content (AvgIpc) is 3.00. The van der Waals surface area contributed by atoms with Crippen molar-refractivity contribution in [2.45, 2.75) is 37.8 Å². The van der Waals surface area contributed by atoms with Crippen LogP contribution in [0.25, 0.3) is 0 Å². The third-order valence-electron chi connectivity index (χ3n) is 6.92. The number of carbonyl (C=O) groups is 2. The Labute approximate surface area is 257 Å². The summed E-state index contributed by atoms with van der Waals surface area (Å²) in [5.74, 6) is -1.58. The van der Waals surface area contributed by atoms with Crippen LogP contribution in [-0.4, -0.2) is 44.3 Å². The highest BCUT2D eigenvalue weighted by molar-refractivity contribution is 7.92. The van der Waals surface area contributed by atoms with E-state index in [0.717, 1.165) is 39.7 Å². The SMILES string of the molecule is CCNC(=O)C(Cc1ccccc1)N(Cc1ccccc1Cl)C(=O)CN(c1ccc(C)cc1)S(=O)(=O)c1ccc(F)cc1. The van der Waals surface area contributed by atoms with Crippen LogP contribution in [0.1, 0.15) is 23.6 Å². The average molecular weight is 622 g/mol. The number of amides is 2. The molecule has 7 nitrogen and oxygen atoms in total. The first kappa shape index (κ1) is 31.7. The smallest absolute Gasteiger partial charge is 0.264 e. The molecule has 0 saturated carbocycles. The van der Waals surface area contributed by atoms with Crippen molar-refractivity contribution in [1.29, 1.82) is 0 Å². The highest BCUT2D eigenvalue weighted by Crippen LogP contribution is 2.26. The van der Waals surface area contributed by atoms with Gasteiger partial charge >= 0.3 is 0 Å². The van der Waals surface area contributed by atoms with Crippen molar-refractivity contribution in [1.82, 2.24) is 10.2 Å². The Kier molecular flexibility index (Phi) is 10.6. The van der Waals surface area contributed by atoms with Gasteiger partial charge in [-0.3, -0.25) is 13.9 Å². The highest BCUT2D eigenvalue weighted by atomic mass is 35.5. The Balaban J connectivity index is 1.80. The van der Waals surface area contributed by atoms with Crippen LogP contribution >= 0.6 is 11.6 Å². The fourth-order valence-electron chi connectivity index (χ4n) is 4.63. The zero-order chi connectivity index (χ0) is 31.0. The maximum atomic E-state index is 14.3. The number of likely N-dealkylation sites (N-methyl/N-ethyl adjacent to an activating group) is 1. The van der Waals surface area contributed by atoms with Gasteiger partial charge in [0.1, 0.15) is 18.4 Å². The van der Waals surface area contributed by atoms with Crippen LogP contribution in [-0.2, 0) is 32.6 Å². The quantitative estimate of drug-likeness (QED) is 0.218. The van der Waals surface area contributed by atoms with Gasteiger partial charge in [-0.15, -0.1) is 0 Å². The van der Waals surface area contributed by atoms with E-state index < -0.39 is 34.3 Å². The van der Waals surface area contributed by atoms with Gasteiger partial charge in [0, 0.05) is 24.5 Å². The number of carbonyl (C=O) groups excluding carboxylic acids is 2. The lowest BCUT2D eigenvalue weighted by molar-refractivity contribution is -0.140. The molecule has 4 aromatic rings. The van der Waals surface area contributed by atoms with E-state index in [9.17, 15) is 22.4 Å². The van der Waals surface area contributed by atoms with E-state index in [0.29, 0.717) is 17.1 Å². The van der Waals surface area contributed by atoms with Gasteiger partial charge in [-0.2, -0.15) is 0 Å². The Hall–Kier alpha value is -4.21. The molecule has 2 amide bonds. The summed E-state index contributed by atoms with van der Waals surface area (Å²) in [6.07, 6.45) is 0.193. The molecule has 0 heterocycles. The van der Waals surface area contributed by atoms with Gasteiger partial charge in [0.2, 0.25) is 11.8 Å². The number of rotatable bonds is 12. The van der Waals surface area contributed by atoms with Crippen LogP contribution in [0.4, 0.5) is 10.1 Å². The predicted octanol–water partition coefficient (Wildman–Crippen LogP) is 5.76. The van der Waals surface area contributed by atoms with Crippen molar-refractivity contribution in [3.8, 4) is 0 Å². The summed E-state index contributed by atoms with van der Waals surface area (Å²) in [6.45, 7) is 3.34. The molecule has 0 bridgehead atoms. The topological polar surface area (TPSA) is 86.8 Å². The van der Waals surface area contributed by atoms with Crippen LogP contribution in [0.2, 0.25) is 5.02 Å². The number of sulfonamides is 1. The van der Waals surface area contributed by atoms with Gasteiger partial charge in [0.15, 0.2) is 0 Å². The second-order valence-corrected chi connectivity index (χ2v) is 12.3. The summed E-state index contributed by atoms with van der Waals surface area (Å²) in [5.41, 5.74) is 2.57. The first-order valence-corrected chi connectivity index (χ1v) is 15.6. The summed E-state index contributed by atoms with van der Waals surface area (Å²) in [4.78, 5) is 29.0. The van der Waals surface area contributed by atoms with Crippen LogP contribution in [0.15, 0.2) is 108 Å². The molecule has 0 aliphatic carbocycles. The molecule has 1 unspecified atom stereocenters. The first-order chi connectivity index (χ1) is 20.6. The Morgan fingerprint density at radius 2 is 1.51 bits per heavy atom. The number of aryl methyl sites for hydroxylation is 1. The van der Waals surface area contributed by atoms with Crippen molar-refractivity contribution in [3.63, 3.8) is 0 Å². The van der Waals surface area contributed by atoms with Gasteiger partial charge in [0.25, 0.3) is 10.0 Å². The van der Waals surface area contributed by atoms with Crippen LogP contribution in [0.3, 0.4) is 0 Å². The summed E-state index contributed by atoms with van der Waals surface area (Å²) in [5, 5.41) is 3.23. The molecule has 1 atom stereocenters. The zero-order valence-corrected chi connectivity index (χ0v) is 25.5. The lowest BCUT2D eigenvalue weighted by atomic mass is 10.0. The van der Waals surface area contributed by atoms with Crippen LogP contribution in [0, 0.1) is 12.7 Å². The maximum Gasteiger partial charge on any atom is 0.264 e. The van der Waals surface area contributed by atoms with Crippen LogP contribution < -0.4 is 9.62 Å². The summed E-state index contributed by atoms with van der Waals surface area (Å²) < 4.78 is 42.5. The number of hydrogen-bond donors (Lipinski definition) is 1. The predicted molar refractivity (Wildman–Crippen MR) is 167 cm³/mol. The van der Waals surface area contributed by atoms with Gasteiger partial charge in [-0.05, 0) is 67.4 Å². The normalized spacial score (nSPS) is 11.9. The molecule has 0 radical (unpaired) electrons. The molecule has 0 fully saturated rings. The third kappa shape index (κ3) is 8.00. The fraction of sp³-hybridized carbons (Fsp3) is 0.212. The number of anilines is 1. The summed E-state index contributed by atoms with van der Waals surface area (Å²) >= 11 is 6.48. The molecule has 0 spiro atoms. The highest BCUT2D eigenvalue weighted by Gasteiger charge is 2.34. The number of halogens is 2. The Morgan fingerprint density at radius 1 is 0.884 bits per heavy atom. The minimum atomic E-state index is -4.32. The number of benzene rings is 4. The van der Waals surface area contributed by atoms with Crippen molar-refractivity contribution >= 4 is 39.1 Å². The molecule has 1 N–H and O–H groups in total. The Bertz CT molecular complexity index is 1650. The second kappa shape index (κ2) is 14.3. The first-order valence-electron chi connectivity index (χ1n) is 13.8. The van der Waals surface area contributed by atoms with E-state index in [-0.39, 0.29) is 29.5 Å². The minimum absolute atomic E-state index is 0.0362. The molecule has 0 aliphatic rings. The molecular weight excluding hydrogens is 589 g/mol. The number of nitrogens with one attached hydrogen (secondary N) is 1. The molecule has 10 heteroatoms. The monoisotopic (exact) mass is 621 g/mol. The van der Waals surface area contributed by atoms with E-state index in [1.54, 1.807) is 55.5 Å². The van der Waals surface area contributed by atoms with E-state index in [1.165, 1.54) is 4.90 Å². The summed E-state index contributed by atoms with van der Waals surface area (Å²) in [7, 11) is -4.32. The molecule has 0 aliphatic heterocycles. The van der Waals surface area contributed by atoms with Gasteiger partial charge in [0.05, 0.1) is 10.6 Å².